The lowest BCUT2D eigenvalue weighted by molar-refractivity contribution is -0.116. The molecule has 31 heavy (non-hydrogen) atoms. The highest BCUT2D eigenvalue weighted by Gasteiger charge is 2.11. The third kappa shape index (κ3) is 12.9. The molecule has 0 unspecified atom stereocenters. The molecule has 5 nitrogen and oxygen atoms in total. The molecule has 0 saturated carbocycles. The van der Waals surface area contributed by atoms with Gasteiger partial charge < -0.3 is 15.2 Å². The molecule has 0 fully saturated rings. The quantitative estimate of drug-likeness (QED) is 0.188. The smallest absolute Gasteiger partial charge is 0.335 e. The van der Waals surface area contributed by atoms with Crippen LogP contribution in [-0.4, -0.2) is 24.1 Å². The van der Waals surface area contributed by atoms with E-state index < -0.39 is 5.97 Å². The summed E-state index contributed by atoms with van der Waals surface area (Å²) in [6.07, 6.45) is 20.9. The molecule has 1 rings (SSSR count). The number of hydrogen-bond acceptors (Lipinski definition) is 3. The van der Waals surface area contributed by atoms with Crippen molar-refractivity contribution in [1.82, 2.24) is 0 Å². The number of unbranched alkanes of at least 4 members (excludes halogenated alkanes) is 11. The van der Waals surface area contributed by atoms with Crippen molar-refractivity contribution >= 4 is 17.6 Å². The second kappa shape index (κ2) is 17.4. The molecule has 1 aromatic carbocycles. The second-order valence-corrected chi connectivity index (χ2v) is 8.10. The van der Waals surface area contributed by atoms with E-state index in [-0.39, 0.29) is 11.5 Å². The van der Waals surface area contributed by atoms with E-state index in [0.29, 0.717) is 17.9 Å². The van der Waals surface area contributed by atoms with Crippen molar-refractivity contribution in [3.05, 3.63) is 35.9 Å². The molecule has 0 bridgehead atoms. The van der Waals surface area contributed by atoms with E-state index in [1.54, 1.807) is 6.07 Å². The molecule has 0 atom stereocenters. The van der Waals surface area contributed by atoms with Crippen LogP contribution in [0.5, 0.6) is 5.75 Å². The average molecular weight is 432 g/mol. The first-order chi connectivity index (χ1) is 15.1. The summed E-state index contributed by atoms with van der Waals surface area (Å²) < 4.78 is 5.20. The fourth-order valence-corrected chi connectivity index (χ4v) is 3.51. The molecule has 5 heteroatoms. The third-order valence-electron chi connectivity index (χ3n) is 5.39. The Morgan fingerprint density at radius 2 is 1.48 bits per heavy atom. The molecule has 0 aliphatic carbocycles. The van der Waals surface area contributed by atoms with Gasteiger partial charge in [-0.25, -0.2) is 4.79 Å². The van der Waals surface area contributed by atoms with Crippen molar-refractivity contribution in [2.45, 2.75) is 96.8 Å². The van der Waals surface area contributed by atoms with Crippen LogP contribution in [0.2, 0.25) is 0 Å². The number of anilines is 1. The van der Waals surface area contributed by atoms with E-state index in [4.69, 9.17) is 9.84 Å². The summed E-state index contributed by atoms with van der Waals surface area (Å²) in [6.45, 7) is 2.25. The molecule has 0 spiro atoms. The largest absolute Gasteiger partial charge is 0.495 e. The predicted molar refractivity (Wildman–Crippen MR) is 128 cm³/mol. The number of nitrogens with one attached hydrogen (secondary N) is 1. The first kappa shape index (κ1) is 26.7. The van der Waals surface area contributed by atoms with Gasteiger partial charge in [0.25, 0.3) is 0 Å². The number of amides is 1. The minimum atomic E-state index is -1.03. The lowest BCUT2D eigenvalue weighted by Crippen LogP contribution is -2.12. The summed E-state index contributed by atoms with van der Waals surface area (Å²) in [7, 11) is 1.50. The van der Waals surface area contributed by atoms with Crippen LogP contribution >= 0.6 is 0 Å². The number of rotatable bonds is 18. The van der Waals surface area contributed by atoms with Crippen molar-refractivity contribution in [3.63, 3.8) is 0 Å². The van der Waals surface area contributed by atoms with Crippen LogP contribution in [0.3, 0.4) is 0 Å². The van der Waals surface area contributed by atoms with Crippen molar-refractivity contribution in [3.8, 4) is 5.75 Å². The summed E-state index contributed by atoms with van der Waals surface area (Å²) in [6, 6.07) is 4.45. The van der Waals surface area contributed by atoms with Crippen LogP contribution in [0.15, 0.2) is 30.4 Å². The maximum Gasteiger partial charge on any atom is 0.335 e. The molecule has 2 N–H and O–H groups in total. The Morgan fingerprint density at radius 3 is 2.06 bits per heavy atom. The van der Waals surface area contributed by atoms with Gasteiger partial charge in [-0.1, -0.05) is 70.4 Å². The normalized spacial score (nSPS) is 11.0. The van der Waals surface area contributed by atoms with E-state index in [2.05, 4.69) is 24.4 Å². The Hall–Kier alpha value is -2.30. The zero-order chi connectivity index (χ0) is 22.7. The summed E-state index contributed by atoms with van der Waals surface area (Å²) in [5.74, 6) is -0.684. The first-order valence-electron chi connectivity index (χ1n) is 11.9. The van der Waals surface area contributed by atoms with Gasteiger partial charge in [-0.05, 0) is 50.3 Å². The summed E-state index contributed by atoms with van der Waals surface area (Å²) in [5.41, 5.74) is 0.525. The van der Waals surface area contributed by atoms with E-state index in [0.717, 1.165) is 25.7 Å². The predicted octanol–water partition coefficient (Wildman–Crippen LogP) is 7.37. The van der Waals surface area contributed by atoms with Gasteiger partial charge in [0, 0.05) is 6.42 Å². The highest BCUT2D eigenvalue weighted by atomic mass is 16.5. The van der Waals surface area contributed by atoms with Gasteiger partial charge in [-0.2, -0.15) is 0 Å². The Labute approximate surface area is 188 Å². The molecule has 0 heterocycles. The van der Waals surface area contributed by atoms with Crippen molar-refractivity contribution in [2.24, 2.45) is 0 Å². The number of methoxy groups -OCH3 is 1. The third-order valence-corrected chi connectivity index (χ3v) is 5.39. The Morgan fingerprint density at radius 1 is 0.903 bits per heavy atom. The zero-order valence-electron chi connectivity index (χ0n) is 19.5. The molecule has 0 radical (unpaired) electrons. The highest BCUT2D eigenvalue weighted by molar-refractivity contribution is 5.95. The van der Waals surface area contributed by atoms with Gasteiger partial charge in [-0.15, -0.1) is 0 Å². The molecule has 174 valence electrons. The van der Waals surface area contributed by atoms with Crippen LogP contribution < -0.4 is 10.1 Å². The lowest BCUT2D eigenvalue weighted by atomic mass is 10.1. The van der Waals surface area contributed by atoms with E-state index in [9.17, 15) is 9.59 Å². The van der Waals surface area contributed by atoms with Crippen molar-refractivity contribution in [1.29, 1.82) is 0 Å². The van der Waals surface area contributed by atoms with Gasteiger partial charge in [0.1, 0.15) is 5.75 Å². The Kier molecular flexibility index (Phi) is 15.0. The summed E-state index contributed by atoms with van der Waals surface area (Å²) in [5, 5.41) is 11.9. The van der Waals surface area contributed by atoms with Gasteiger partial charge in [-0.3, -0.25) is 4.79 Å². The van der Waals surface area contributed by atoms with Gasteiger partial charge in [0.05, 0.1) is 18.4 Å². The fraction of sp³-hybridized carbons (Fsp3) is 0.615. The van der Waals surface area contributed by atoms with E-state index >= 15 is 0 Å². The molecule has 0 aromatic heterocycles. The van der Waals surface area contributed by atoms with E-state index in [1.165, 1.54) is 77.0 Å². The maximum atomic E-state index is 12.2. The van der Waals surface area contributed by atoms with Crippen LogP contribution in [-0.2, 0) is 4.79 Å². The van der Waals surface area contributed by atoms with Crippen LogP contribution in [0.1, 0.15) is 107 Å². The van der Waals surface area contributed by atoms with Crippen molar-refractivity contribution in [2.75, 3.05) is 12.4 Å². The number of ether oxygens (including phenoxy) is 1. The molecule has 0 aliphatic rings. The van der Waals surface area contributed by atoms with Crippen LogP contribution in [0.4, 0.5) is 5.69 Å². The van der Waals surface area contributed by atoms with Crippen LogP contribution in [0, 0.1) is 0 Å². The summed E-state index contributed by atoms with van der Waals surface area (Å²) in [4.78, 5) is 23.3. The number of carboxylic acid groups (broad SMARTS) is 1. The number of carbonyl (C=O) groups excluding carboxylic acids is 1. The number of benzene rings is 1. The number of hydrogen-bond donors (Lipinski definition) is 2. The number of carbonyl (C=O) groups is 2. The Balaban J connectivity index is 2.07. The molecular formula is C26H41NO4. The van der Waals surface area contributed by atoms with Crippen molar-refractivity contribution < 1.29 is 19.4 Å². The standard InChI is InChI=1S/C26H41NO4/c1-3-4-5-6-7-8-9-10-11-12-13-14-15-16-17-18-25(28)27-23-21-22(26(29)30)19-20-24(23)31-2/h10-11,19-21H,3-9,12-18H2,1-2H3,(H,27,28)(H,29,30)/b11-10-. The maximum absolute atomic E-state index is 12.2. The van der Waals surface area contributed by atoms with E-state index in [1.807, 2.05) is 0 Å². The monoisotopic (exact) mass is 431 g/mol. The fourth-order valence-electron chi connectivity index (χ4n) is 3.51. The zero-order valence-corrected chi connectivity index (χ0v) is 19.5. The number of allylic oxidation sites excluding steroid dienone is 2. The second-order valence-electron chi connectivity index (χ2n) is 8.10. The molecule has 1 amide bonds. The lowest BCUT2D eigenvalue weighted by Gasteiger charge is -2.11. The minimum Gasteiger partial charge on any atom is -0.495 e. The Bertz CT molecular complexity index is 669. The topological polar surface area (TPSA) is 75.6 Å². The number of carboxylic acids is 1. The number of aromatic carboxylic acids is 1. The molecular weight excluding hydrogens is 390 g/mol. The van der Waals surface area contributed by atoms with Gasteiger partial charge in [0.15, 0.2) is 0 Å². The van der Waals surface area contributed by atoms with Crippen LogP contribution in [0.25, 0.3) is 0 Å². The molecule has 0 aliphatic heterocycles. The average Bonchev–Trinajstić information content (AvgIpc) is 2.76. The van der Waals surface area contributed by atoms with Gasteiger partial charge >= 0.3 is 5.97 Å². The molecule has 0 saturated heterocycles. The summed E-state index contributed by atoms with van der Waals surface area (Å²) >= 11 is 0. The first-order valence-corrected chi connectivity index (χ1v) is 11.9. The minimum absolute atomic E-state index is 0.113. The highest BCUT2D eigenvalue weighted by Crippen LogP contribution is 2.26. The van der Waals surface area contributed by atoms with Gasteiger partial charge in [0.2, 0.25) is 5.91 Å². The molecule has 1 aromatic rings. The SMILES string of the molecule is CCCCCCCC/C=C\CCCCCCCC(=O)Nc1cc(C(=O)O)ccc1OC.